The first-order valence-electron chi connectivity index (χ1n) is 49.5. The van der Waals surface area contributed by atoms with Gasteiger partial charge >= 0.3 is 0 Å². The Morgan fingerprint density at radius 3 is 0.764 bits per heavy atom. The highest BCUT2D eigenvalue weighted by Gasteiger charge is 2.59. The summed E-state index contributed by atoms with van der Waals surface area (Å²) in [5.41, 5.74) is 31.5. The van der Waals surface area contributed by atoms with Gasteiger partial charge in [-0.2, -0.15) is 0 Å². The number of aromatic nitrogens is 3. The highest BCUT2D eigenvalue weighted by atomic mass is 31.2. The lowest BCUT2D eigenvalue weighted by Gasteiger charge is -2.48. The number of hydrogen-bond donors (Lipinski definition) is 0. The molecule has 0 amide bonds. The second-order valence-corrected chi connectivity index (χ2v) is 46.8. The predicted molar refractivity (Wildman–Crippen MR) is 599 cm³/mol. The van der Waals surface area contributed by atoms with Crippen molar-refractivity contribution < 1.29 is 13.7 Å². The van der Waals surface area contributed by atoms with E-state index in [1.54, 1.807) is 0 Å². The van der Waals surface area contributed by atoms with Crippen LogP contribution in [0.1, 0.15) is 66.8 Å². The first-order chi connectivity index (χ1) is 71.1. The largest absolute Gasteiger partial charge is 0.309 e. The van der Waals surface area contributed by atoms with E-state index in [9.17, 15) is 0 Å². The van der Waals surface area contributed by atoms with Crippen LogP contribution in [0.3, 0.4) is 0 Å². The monoisotopic (exact) mass is 1890 g/mol. The standard InChI is InChI=1S/2C49H32NOP.C37H24NOP/c51-52(37-20-8-3-9-21-37)46-26-14-11-23-41(46)49(42-24-12-15-27-47(42)52)40-22-10-13-25-45(40)50-44-29-28-35(33-16-4-1-5-17-33)30-38(44)39-31-36(32-43(49)48(39)50)34-18-6-2-7-19-34;51-52(37-19-8-3-9-20-37)46-29-27-35(33-15-4-1-5-16-33)31-42(46)49(43-32-36(28-30-47(43)52)34-17-6-2-7-18-34)40-23-11-13-26-45(40)50-44-25-12-10-21-38(44)39-22-14-24-41(49)48(39)50;39-40(25-13-2-1-3-14-25)34-23-10-6-18-29(34)37(30-19-7-11-24-35(30)40)28-17-5-9-22-33(28)38-32-21-8-4-15-26(32)27-16-12-20-31(37)36(27)38/h2*1-32H;1-24H. The SMILES string of the molecule is O=P1(c2ccccc2)c2ccc(-c3ccccc3)cc2C2(c3ccccc3-n3c4ccccc4c4cccc2c43)c2cc(-c3ccccc3)ccc21.O=P1(c2ccccc2)c2ccccc2C2(c3ccccc3-n3c4ccc(-c5ccccc5)cc4c4cc(-c5ccccc5)cc2c43)c2ccccc21.O=P1(c2ccccc2)c2ccccc2C2(c3ccccc3-n3c4ccccc4c4cccc2c43)c2ccccc21. The van der Waals surface area contributed by atoms with E-state index in [2.05, 4.69) is 457 Å². The summed E-state index contributed by atoms with van der Waals surface area (Å²) in [4.78, 5) is 0. The van der Waals surface area contributed by atoms with E-state index in [4.69, 9.17) is 0 Å². The zero-order valence-electron chi connectivity index (χ0n) is 78.2. The summed E-state index contributed by atoms with van der Waals surface area (Å²) in [7, 11) is -9.77. The minimum absolute atomic E-state index is 0.615. The quantitative estimate of drug-likeness (QED) is 0.149. The van der Waals surface area contributed by atoms with Crippen LogP contribution in [0, 0.1) is 0 Å². The van der Waals surface area contributed by atoms with E-state index in [1.807, 2.05) is 91.0 Å². The molecule has 0 fully saturated rings. The van der Waals surface area contributed by atoms with Crippen molar-refractivity contribution in [2.75, 3.05) is 0 Å². The van der Waals surface area contributed by atoms with Crippen molar-refractivity contribution in [1.82, 2.24) is 13.7 Å². The van der Waals surface area contributed by atoms with Crippen LogP contribution in [-0.4, -0.2) is 13.7 Å². The van der Waals surface area contributed by atoms with Gasteiger partial charge in [-0.05, 0) is 190 Å². The van der Waals surface area contributed by atoms with Gasteiger partial charge in [0.05, 0.1) is 66.4 Å². The van der Waals surface area contributed by atoms with Crippen LogP contribution in [0.4, 0.5) is 0 Å². The van der Waals surface area contributed by atoms with Gasteiger partial charge in [0.15, 0.2) is 21.4 Å². The lowest BCUT2D eigenvalue weighted by atomic mass is 9.62. The molecule has 3 aromatic heterocycles. The molecule has 0 atom stereocenters. The smallest absolute Gasteiger partial charge is 0.171 e. The summed E-state index contributed by atoms with van der Waals surface area (Å²) in [5, 5.41) is 15.4. The van der Waals surface area contributed by atoms with Crippen molar-refractivity contribution in [2.24, 2.45) is 0 Å². The van der Waals surface area contributed by atoms with Crippen molar-refractivity contribution in [3.05, 3.63) is 601 Å². The van der Waals surface area contributed by atoms with Crippen LogP contribution in [0.5, 0.6) is 0 Å². The van der Waals surface area contributed by atoms with E-state index in [0.717, 1.165) is 120 Å². The van der Waals surface area contributed by atoms with E-state index >= 15 is 13.7 Å². The molecule has 0 unspecified atom stereocenters. The maximum absolute atomic E-state index is 16.5. The molecule has 0 aliphatic carbocycles. The fourth-order valence-corrected chi connectivity index (χ4v) is 35.7. The van der Waals surface area contributed by atoms with Gasteiger partial charge in [0.1, 0.15) is 0 Å². The third-order valence-electron chi connectivity index (χ3n) is 32.0. The number of hydrogen-bond acceptors (Lipinski definition) is 3. The van der Waals surface area contributed by atoms with Gasteiger partial charge in [0.2, 0.25) is 0 Å². The minimum atomic E-state index is -3.37. The zero-order valence-corrected chi connectivity index (χ0v) is 80.9. The molecule has 0 saturated heterocycles. The Hall–Kier alpha value is -17.1. The molecule has 0 bridgehead atoms. The van der Waals surface area contributed by atoms with E-state index < -0.39 is 37.7 Å². The van der Waals surface area contributed by atoms with E-state index in [0.29, 0.717) is 0 Å². The van der Waals surface area contributed by atoms with Crippen LogP contribution >= 0.6 is 21.4 Å². The molecule has 3 spiro atoms. The second kappa shape index (κ2) is 32.0. The Morgan fingerprint density at radius 2 is 0.389 bits per heavy atom. The van der Waals surface area contributed by atoms with E-state index in [-0.39, 0.29) is 0 Å². The molecule has 0 saturated carbocycles. The van der Waals surface area contributed by atoms with Gasteiger partial charge in [-0.1, -0.05) is 455 Å². The third kappa shape index (κ3) is 11.4. The first-order valence-corrected chi connectivity index (χ1v) is 54.6. The number of fused-ring (bicyclic) bond motifs is 33. The van der Waals surface area contributed by atoms with Gasteiger partial charge in [-0.25, -0.2) is 0 Å². The summed E-state index contributed by atoms with van der Waals surface area (Å²) < 4.78 is 55.7. The summed E-state index contributed by atoms with van der Waals surface area (Å²) >= 11 is 0. The van der Waals surface area contributed by atoms with Gasteiger partial charge in [-0.3, -0.25) is 0 Å². The van der Waals surface area contributed by atoms with Gasteiger partial charge in [0.25, 0.3) is 0 Å². The lowest BCUT2D eigenvalue weighted by Crippen LogP contribution is -2.48. The molecule has 6 aliphatic rings. The number of rotatable bonds is 7. The molecule has 0 radical (unpaired) electrons. The summed E-state index contributed by atoms with van der Waals surface area (Å²) in [5.74, 6) is 0. The second-order valence-electron chi connectivity index (χ2n) is 38.7. The maximum Gasteiger partial charge on any atom is 0.171 e. The average molecular weight is 1890 g/mol. The molecular weight excluding hydrogens is 1800 g/mol. The fraction of sp³-hybridized carbons (Fsp3) is 0.0222. The first kappa shape index (κ1) is 83.9. The lowest BCUT2D eigenvalue weighted by molar-refractivity contribution is 0.589. The Kier molecular flexibility index (Phi) is 18.6. The Morgan fingerprint density at radius 1 is 0.146 bits per heavy atom. The van der Waals surface area contributed by atoms with Crippen molar-refractivity contribution in [2.45, 2.75) is 16.2 Å². The molecule has 6 aliphatic heterocycles. The molecule has 144 heavy (non-hydrogen) atoms. The van der Waals surface area contributed by atoms with Crippen LogP contribution in [0.15, 0.2) is 534 Å². The number of para-hydroxylation sites is 7. The van der Waals surface area contributed by atoms with Crippen LogP contribution < -0.4 is 47.7 Å². The van der Waals surface area contributed by atoms with Crippen LogP contribution in [0.25, 0.3) is 127 Å². The van der Waals surface area contributed by atoms with Crippen molar-refractivity contribution in [3.63, 3.8) is 0 Å². The Labute approximate surface area is 834 Å². The highest BCUT2D eigenvalue weighted by molar-refractivity contribution is 7.86. The number of nitrogens with zero attached hydrogens (tertiary/aromatic N) is 3. The normalized spacial score (nSPS) is 18.8. The topological polar surface area (TPSA) is 66.0 Å². The van der Waals surface area contributed by atoms with Crippen molar-refractivity contribution in [3.8, 4) is 61.6 Å². The zero-order chi connectivity index (χ0) is 95.4. The van der Waals surface area contributed by atoms with Crippen molar-refractivity contribution in [1.29, 1.82) is 0 Å². The molecule has 22 aromatic carbocycles. The maximum atomic E-state index is 16.5. The molecule has 9 heterocycles. The molecular formula is C135H88N3O3P3. The Bertz CT molecular complexity index is 9640. The molecule has 25 aromatic rings. The molecule has 31 rings (SSSR count). The predicted octanol–water partition coefficient (Wildman–Crippen LogP) is 29.0. The van der Waals surface area contributed by atoms with Gasteiger partial charge in [-0.15, -0.1) is 0 Å². The number of benzene rings is 22. The summed E-state index contributed by atoms with van der Waals surface area (Å²) in [6.07, 6.45) is 0. The molecule has 676 valence electrons. The third-order valence-corrected chi connectivity index (χ3v) is 41.5. The average Bonchev–Trinajstić information content (AvgIpc) is 1.38. The fourth-order valence-electron chi connectivity index (χ4n) is 26.2. The van der Waals surface area contributed by atoms with Gasteiger partial charge < -0.3 is 27.4 Å². The van der Waals surface area contributed by atoms with Crippen molar-refractivity contribution >= 4 is 135 Å². The minimum Gasteiger partial charge on any atom is -0.309 e. The highest BCUT2D eigenvalue weighted by Crippen LogP contribution is 2.66. The summed E-state index contributed by atoms with van der Waals surface area (Å²) in [6, 6.07) is 190. The molecule has 6 nitrogen and oxygen atoms in total. The summed E-state index contributed by atoms with van der Waals surface area (Å²) in [6.45, 7) is 0. The van der Waals surface area contributed by atoms with Crippen LogP contribution in [-0.2, 0) is 29.9 Å². The molecule has 0 N–H and O–H groups in total. The van der Waals surface area contributed by atoms with E-state index in [1.165, 1.54) is 121 Å². The Balaban J connectivity index is 0.000000104. The van der Waals surface area contributed by atoms with Gasteiger partial charge in [0, 0.05) is 80.1 Å². The van der Waals surface area contributed by atoms with Crippen LogP contribution in [0.2, 0.25) is 0 Å². The molecule has 9 heteroatoms.